The lowest BCUT2D eigenvalue weighted by atomic mass is 9.96. The lowest BCUT2D eigenvalue weighted by molar-refractivity contribution is -1.18. The summed E-state index contributed by atoms with van der Waals surface area (Å²) in [7, 11) is 0. The second-order valence-electron chi connectivity index (χ2n) is 6.21. The molecule has 4 amide bonds. The number of aliphatic carboxylic acids is 2. The first-order chi connectivity index (χ1) is 12.0. The van der Waals surface area contributed by atoms with E-state index in [-0.39, 0.29) is 0 Å². The first kappa shape index (κ1) is 19.8. The van der Waals surface area contributed by atoms with Gasteiger partial charge in [-0.15, -0.1) is 0 Å². The molecule has 0 saturated carbocycles. The zero-order valence-electron chi connectivity index (χ0n) is 13.6. The third-order valence-corrected chi connectivity index (χ3v) is 4.88. The maximum absolute atomic E-state index is 12.2. The van der Waals surface area contributed by atoms with Crippen LogP contribution in [0.1, 0.15) is 44.9 Å². The van der Waals surface area contributed by atoms with Crippen molar-refractivity contribution in [2.75, 3.05) is 0 Å². The van der Waals surface area contributed by atoms with Crippen molar-refractivity contribution in [2.45, 2.75) is 50.6 Å². The summed E-state index contributed by atoms with van der Waals surface area (Å²) in [6.45, 7) is 0. The molecule has 2 aliphatic heterocycles. The Morgan fingerprint density at radius 1 is 0.808 bits per heavy atom. The molecule has 0 atom stereocenters. The lowest BCUT2D eigenvalue weighted by Crippen LogP contribution is -2.83. The second kappa shape index (κ2) is 6.32. The number of carboxylic acids is 2. The SMILES string of the molecule is O=C(O)CCCC(C(=O)O)([N+]1(O)C(=O)CCC1=O)[N+]1(O)C(=O)CCC1=O. The van der Waals surface area contributed by atoms with E-state index >= 15 is 0 Å². The van der Waals surface area contributed by atoms with Crippen molar-refractivity contribution in [2.24, 2.45) is 0 Å². The van der Waals surface area contributed by atoms with Gasteiger partial charge in [0, 0.05) is 15.7 Å². The molecular formula is C14H18N2O10+2. The molecule has 4 N–H and O–H groups in total. The van der Waals surface area contributed by atoms with Crippen molar-refractivity contribution in [3.05, 3.63) is 0 Å². The van der Waals surface area contributed by atoms with Gasteiger partial charge in [0.15, 0.2) is 0 Å². The summed E-state index contributed by atoms with van der Waals surface area (Å²) in [5.74, 6) is -8.69. The normalized spacial score (nSPS) is 22.1. The minimum absolute atomic E-state index is 0.524. The van der Waals surface area contributed by atoms with Crippen LogP contribution < -0.4 is 0 Å². The van der Waals surface area contributed by atoms with E-state index in [1.54, 1.807) is 0 Å². The molecule has 0 aromatic heterocycles. The number of hydrogen-bond acceptors (Lipinski definition) is 8. The molecule has 0 aromatic rings. The molecule has 0 bridgehead atoms. The molecular weight excluding hydrogens is 356 g/mol. The Hall–Kier alpha value is -2.54. The Balaban J connectivity index is 2.74. The Morgan fingerprint density at radius 2 is 1.15 bits per heavy atom. The van der Waals surface area contributed by atoms with Crippen molar-refractivity contribution in [1.82, 2.24) is 0 Å². The molecule has 12 heteroatoms. The van der Waals surface area contributed by atoms with Crippen molar-refractivity contribution < 1.29 is 58.7 Å². The van der Waals surface area contributed by atoms with Crippen LogP contribution in [0.25, 0.3) is 0 Å². The van der Waals surface area contributed by atoms with E-state index in [2.05, 4.69) is 0 Å². The Morgan fingerprint density at radius 3 is 1.42 bits per heavy atom. The van der Waals surface area contributed by atoms with Gasteiger partial charge in [0.1, 0.15) is 0 Å². The molecule has 0 aliphatic carbocycles. The highest BCUT2D eigenvalue weighted by atomic mass is 16.6. The van der Waals surface area contributed by atoms with E-state index in [0.29, 0.717) is 0 Å². The first-order valence-electron chi connectivity index (χ1n) is 7.78. The third-order valence-electron chi connectivity index (χ3n) is 4.88. The number of amides is 4. The van der Waals surface area contributed by atoms with Crippen LogP contribution in [0, 0.1) is 0 Å². The van der Waals surface area contributed by atoms with E-state index in [0.717, 1.165) is 0 Å². The van der Waals surface area contributed by atoms with Crippen LogP contribution in [0.3, 0.4) is 0 Å². The average molecular weight is 374 g/mol. The van der Waals surface area contributed by atoms with Crippen molar-refractivity contribution >= 4 is 35.6 Å². The number of imide groups is 2. The second-order valence-corrected chi connectivity index (χ2v) is 6.21. The minimum Gasteiger partial charge on any atom is -0.481 e. The van der Waals surface area contributed by atoms with E-state index in [4.69, 9.17) is 5.11 Å². The molecule has 0 aromatic carbocycles. The standard InChI is InChI=1S/C14H16N2O10/c17-8-3-4-9(18)15(8,25)14(13(23)24,7-1-2-12(21)22)16(26)10(19)5-6-11(16)20/h25-26H,1-7H2/p+2. The third kappa shape index (κ3) is 2.30. The summed E-state index contributed by atoms with van der Waals surface area (Å²) >= 11 is 0. The average Bonchev–Trinajstić information content (AvgIpc) is 2.97. The predicted octanol–water partition coefficient (Wildman–Crippen LogP) is -0.872. The molecule has 2 aliphatic rings. The largest absolute Gasteiger partial charge is 0.481 e. The fourth-order valence-corrected chi connectivity index (χ4v) is 3.58. The van der Waals surface area contributed by atoms with Crippen LogP contribution in [0.4, 0.5) is 0 Å². The van der Waals surface area contributed by atoms with Gasteiger partial charge in [-0.25, -0.2) is 24.0 Å². The smallest absolute Gasteiger partial charge is 0.435 e. The van der Waals surface area contributed by atoms with E-state index in [1.165, 1.54) is 0 Å². The van der Waals surface area contributed by atoms with Crippen LogP contribution in [0.15, 0.2) is 0 Å². The monoisotopic (exact) mass is 374 g/mol. The van der Waals surface area contributed by atoms with E-state index in [1.807, 2.05) is 0 Å². The van der Waals surface area contributed by atoms with E-state index < -0.39 is 95.5 Å². The lowest BCUT2D eigenvalue weighted by Gasteiger charge is -2.41. The maximum atomic E-state index is 12.2. The summed E-state index contributed by atoms with van der Waals surface area (Å²) in [4.78, 5) is 71.9. The van der Waals surface area contributed by atoms with Crippen LogP contribution in [0.2, 0.25) is 0 Å². The molecule has 0 unspecified atom stereocenters. The first-order valence-corrected chi connectivity index (χ1v) is 7.78. The number of hydrogen-bond donors (Lipinski definition) is 4. The quantitative estimate of drug-likeness (QED) is 0.248. The van der Waals surface area contributed by atoms with Crippen LogP contribution in [0.5, 0.6) is 0 Å². The fraction of sp³-hybridized carbons (Fsp3) is 0.571. The van der Waals surface area contributed by atoms with Gasteiger partial charge in [0.25, 0.3) is 0 Å². The summed E-state index contributed by atoms with van der Waals surface area (Å²) in [6.07, 6.45) is -4.34. The predicted molar refractivity (Wildman–Crippen MR) is 74.4 cm³/mol. The molecule has 142 valence electrons. The van der Waals surface area contributed by atoms with Crippen molar-refractivity contribution in [3.8, 4) is 0 Å². The summed E-state index contributed by atoms with van der Waals surface area (Å²) in [5.41, 5.74) is -3.30. The Bertz CT molecular complexity index is 653. The summed E-state index contributed by atoms with van der Waals surface area (Å²) < 4.78 is -4.92. The molecule has 26 heavy (non-hydrogen) atoms. The number of carbonyl (C=O) groups is 6. The minimum atomic E-state index is -3.30. The van der Waals surface area contributed by atoms with Crippen LogP contribution in [-0.4, -0.2) is 71.2 Å². The molecule has 2 saturated heterocycles. The Labute approximate surface area is 145 Å². The van der Waals surface area contributed by atoms with Gasteiger partial charge in [-0.3, -0.25) is 4.79 Å². The van der Waals surface area contributed by atoms with Crippen molar-refractivity contribution in [3.63, 3.8) is 0 Å². The summed E-state index contributed by atoms with van der Waals surface area (Å²) in [5, 5.41) is 40.1. The number of rotatable bonds is 7. The van der Waals surface area contributed by atoms with Gasteiger partial charge in [-0.1, -0.05) is 0 Å². The number of hydroxylamine groups is 6. The molecule has 2 heterocycles. The van der Waals surface area contributed by atoms with Gasteiger partial charge in [-0.05, 0) is 6.42 Å². The maximum Gasteiger partial charge on any atom is 0.435 e. The van der Waals surface area contributed by atoms with Gasteiger partial charge in [0.2, 0.25) is 0 Å². The Kier molecular flexibility index (Phi) is 4.81. The number of nitrogens with zero attached hydrogens (tertiary/aromatic N) is 2. The molecule has 0 spiro atoms. The van der Waals surface area contributed by atoms with Crippen LogP contribution in [-0.2, 0) is 28.8 Å². The number of carboxylic acid groups (broad SMARTS) is 2. The van der Waals surface area contributed by atoms with Gasteiger partial charge < -0.3 is 10.2 Å². The molecule has 2 rings (SSSR count). The van der Waals surface area contributed by atoms with Gasteiger partial charge in [0.05, 0.1) is 32.1 Å². The molecule has 0 radical (unpaired) electrons. The van der Waals surface area contributed by atoms with Crippen LogP contribution >= 0.6 is 0 Å². The molecule has 12 nitrogen and oxygen atoms in total. The van der Waals surface area contributed by atoms with Gasteiger partial charge >= 0.3 is 41.2 Å². The number of likely N-dealkylation sites (tertiary alicyclic amines) is 2. The zero-order chi connectivity index (χ0) is 19.9. The fourth-order valence-electron chi connectivity index (χ4n) is 3.58. The summed E-state index contributed by atoms with van der Waals surface area (Å²) in [6, 6.07) is 0. The van der Waals surface area contributed by atoms with Crippen molar-refractivity contribution in [1.29, 1.82) is 0 Å². The number of carbonyl (C=O) groups excluding carboxylic acids is 4. The highest BCUT2D eigenvalue weighted by molar-refractivity contribution is 5.99. The topological polar surface area (TPSA) is 183 Å². The zero-order valence-corrected chi connectivity index (χ0v) is 13.6. The highest BCUT2D eigenvalue weighted by Crippen LogP contribution is 2.45. The highest BCUT2D eigenvalue weighted by Gasteiger charge is 2.85. The molecule has 2 fully saturated rings. The van der Waals surface area contributed by atoms with E-state index in [9.17, 15) is 44.3 Å². The van der Waals surface area contributed by atoms with Gasteiger partial charge in [-0.2, -0.15) is 10.4 Å². The number of quaternary nitrogens is 2.